The van der Waals surface area contributed by atoms with Gasteiger partial charge in [0.25, 0.3) is 0 Å². The molecule has 12 nitrogen and oxygen atoms in total. The summed E-state index contributed by atoms with van der Waals surface area (Å²) in [5, 5.41) is 28.6. The first kappa shape index (κ1) is 21.5. The third-order valence-electron chi connectivity index (χ3n) is 4.48. The maximum Gasteiger partial charge on any atom is 0.343 e. The first-order valence-corrected chi connectivity index (χ1v) is 10.3. The molecule has 0 atom stereocenters. The van der Waals surface area contributed by atoms with Gasteiger partial charge in [-0.25, -0.2) is 28.6 Å². The average Bonchev–Trinajstić information content (AvgIpc) is 3.35. The molecule has 166 valence electrons. The van der Waals surface area contributed by atoms with Crippen molar-refractivity contribution in [3.63, 3.8) is 0 Å². The van der Waals surface area contributed by atoms with Crippen molar-refractivity contribution in [1.29, 1.82) is 0 Å². The Labute approximate surface area is 188 Å². The summed E-state index contributed by atoms with van der Waals surface area (Å²) < 4.78 is 13.2. The summed E-state index contributed by atoms with van der Waals surface area (Å²) in [7, 11) is 0. The summed E-state index contributed by atoms with van der Waals surface area (Å²) in [6.45, 7) is 1.89. The zero-order valence-electron chi connectivity index (χ0n) is 16.7. The van der Waals surface area contributed by atoms with Gasteiger partial charge in [0.15, 0.2) is 22.8 Å². The van der Waals surface area contributed by atoms with Crippen molar-refractivity contribution < 1.29 is 29.3 Å². The number of imidazole rings is 2. The minimum atomic E-state index is -0.731. The van der Waals surface area contributed by atoms with Crippen LogP contribution in [0.15, 0.2) is 29.4 Å². The minimum Gasteiger partial charge on any atom is -0.504 e. The van der Waals surface area contributed by atoms with Gasteiger partial charge >= 0.3 is 11.9 Å². The molecule has 0 unspecified atom stereocenters. The Kier molecular flexibility index (Phi) is 5.90. The topological polar surface area (TPSA) is 153 Å². The molecule has 32 heavy (non-hydrogen) atoms. The molecule has 0 aliphatic carbocycles. The summed E-state index contributed by atoms with van der Waals surface area (Å²) in [5.74, 6) is -2.06. The maximum absolute atomic E-state index is 12.3. The molecular weight excluding hydrogens is 488 g/mol. The lowest BCUT2D eigenvalue weighted by atomic mass is 10.2. The Balaban J connectivity index is 1.38. The first-order chi connectivity index (χ1) is 15.4. The molecule has 0 fully saturated rings. The van der Waals surface area contributed by atoms with Gasteiger partial charge in [-0.2, -0.15) is 10.2 Å². The minimum absolute atomic E-state index is 0.0585. The van der Waals surface area contributed by atoms with Gasteiger partial charge in [-0.05, 0) is 35.7 Å². The second-order valence-corrected chi connectivity index (χ2v) is 7.42. The van der Waals surface area contributed by atoms with Gasteiger partial charge < -0.3 is 19.7 Å². The fourth-order valence-corrected chi connectivity index (χ4v) is 3.35. The van der Waals surface area contributed by atoms with E-state index in [1.165, 1.54) is 21.4 Å². The van der Waals surface area contributed by atoms with Crippen molar-refractivity contribution in [2.75, 3.05) is 13.2 Å². The van der Waals surface area contributed by atoms with Gasteiger partial charge in [0.05, 0.1) is 43.7 Å². The van der Waals surface area contributed by atoms with E-state index in [2.05, 4.69) is 36.1 Å². The van der Waals surface area contributed by atoms with Crippen LogP contribution >= 0.6 is 15.9 Å². The monoisotopic (exact) mass is 504 g/mol. The number of aryl methyl sites for hydroxylation is 1. The number of aromatic nitrogens is 6. The molecule has 4 heterocycles. The van der Waals surface area contributed by atoms with Crippen LogP contribution in [0.25, 0.3) is 11.3 Å². The normalized spacial score (nSPS) is 11.2. The lowest BCUT2D eigenvalue weighted by Crippen LogP contribution is -2.09. The van der Waals surface area contributed by atoms with E-state index in [-0.39, 0.29) is 47.1 Å². The van der Waals surface area contributed by atoms with Crippen LogP contribution < -0.4 is 0 Å². The van der Waals surface area contributed by atoms with E-state index in [0.717, 1.165) is 0 Å². The summed E-state index contributed by atoms with van der Waals surface area (Å²) in [6, 6.07) is 0. The number of hydrogen-bond donors (Lipinski definition) is 2. The molecule has 0 aliphatic heterocycles. The summed E-state index contributed by atoms with van der Waals surface area (Å²) in [5.41, 5.74) is 0.672. The Morgan fingerprint density at radius 1 is 0.969 bits per heavy atom. The third-order valence-corrected chi connectivity index (χ3v) is 4.86. The van der Waals surface area contributed by atoms with Crippen molar-refractivity contribution in [3.05, 3.63) is 46.2 Å². The molecule has 0 saturated carbocycles. The van der Waals surface area contributed by atoms with Crippen LogP contribution in [-0.2, 0) is 15.9 Å². The van der Waals surface area contributed by atoms with E-state index < -0.39 is 11.9 Å². The van der Waals surface area contributed by atoms with E-state index in [9.17, 15) is 19.8 Å². The number of rotatable bonds is 7. The molecule has 0 radical (unpaired) electrons. The SMILES string of the molecule is CCOC(=O)c1cnn2cc(CCCOC(=O)c3cnn4cc(Br)nc4c3O)nc2c1O. The summed E-state index contributed by atoms with van der Waals surface area (Å²) in [4.78, 5) is 32.5. The molecular formula is C19H17BrN6O6. The van der Waals surface area contributed by atoms with Crippen molar-refractivity contribution in [2.45, 2.75) is 19.8 Å². The zero-order valence-corrected chi connectivity index (χ0v) is 18.3. The van der Waals surface area contributed by atoms with Crippen LogP contribution in [0.2, 0.25) is 0 Å². The van der Waals surface area contributed by atoms with Crippen molar-refractivity contribution in [3.8, 4) is 11.5 Å². The third kappa shape index (κ3) is 4.06. The largest absolute Gasteiger partial charge is 0.504 e. The average molecular weight is 505 g/mol. The number of carbonyl (C=O) groups excluding carboxylic acids is 2. The van der Waals surface area contributed by atoms with Gasteiger partial charge in [-0.3, -0.25) is 0 Å². The lowest BCUT2D eigenvalue weighted by Gasteiger charge is -2.06. The second-order valence-electron chi connectivity index (χ2n) is 6.61. The maximum atomic E-state index is 12.3. The molecule has 2 N–H and O–H groups in total. The lowest BCUT2D eigenvalue weighted by molar-refractivity contribution is 0.0493. The van der Waals surface area contributed by atoms with Crippen LogP contribution in [0.5, 0.6) is 11.5 Å². The van der Waals surface area contributed by atoms with Crippen LogP contribution in [0, 0.1) is 0 Å². The number of fused-ring (bicyclic) bond motifs is 2. The molecule has 0 spiro atoms. The number of hydrogen-bond acceptors (Lipinski definition) is 10. The fraction of sp³-hybridized carbons (Fsp3) is 0.263. The first-order valence-electron chi connectivity index (χ1n) is 9.52. The number of nitrogens with zero attached hydrogens (tertiary/aromatic N) is 6. The Hall–Kier alpha value is -3.74. The van der Waals surface area contributed by atoms with E-state index in [1.807, 2.05) is 0 Å². The molecule has 13 heteroatoms. The number of ether oxygens (including phenoxy) is 2. The molecule has 0 bridgehead atoms. The number of halogens is 1. The molecule has 0 aliphatic rings. The van der Waals surface area contributed by atoms with Crippen molar-refractivity contribution in [1.82, 2.24) is 29.2 Å². The van der Waals surface area contributed by atoms with Crippen molar-refractivity contribution >= 4 is 39.2 Å². The number of carbonyl (C=O) groups is 2. The van der Waals surface area contributed by atoms with Gasteiger partial charge in [0.2, 0.25) is 0 Å². The number of esters is 2. The van der Waals surface area contributed by atoms with Crippen LogP contribution in [0.1, 0.15) is 39.8 Å². The smallest absolute Gasteiger partial charge is 0.343 e. The van der Waals surface area contributed by atoms with Crippen molar-refractivity contribution in [2.24, 2.45) is 0 Å². The zero-order chi connectivity index (χ0) is 22.8. The van der Waals surface area contributed by atoms with Gasteiger partial charge in [0, 0.05) is 0 Å². The summed E-state index contributed by atoms with van der Waals surface area (Å²) >= 11 is 3.18. The van der Waals surface area contributed by atoms with E-state index in [0.29, 0.717) is 23.1 Å². The molecule has 0 amide bonds. The van der Waals surface area contributed by atoms with E-state index >= 15 is 0 Å². The Morgan fingerprint density at radius 3 is 2.22 bits per heavy atom. The highest BCUT2D eigenvalue weighted by molar-refractivity contribution is 9.10. The van der Waals surface area contributed by atoms with E-state index in [1.54, 1.807) is 19.3 Å². The van der Waals surface area contributed by atoms with Gasteiger partial charge in [-0.1, -0.05) is 0 Å². The highest BCUT2D eigenvalue weighted by Gasteiger charge is 2.20. The van der Waals surface area contributed by atoms with Gasteiger partial charge in [-0.15, -0.1) is 0 Å². The molecule has 0 saturated heterocycles. The molecule has 0 aromatic carbocycles. The molecule has 4 aromatic heterocycles. The number of aromatic hydroxyl groups is 2. The molecule has 4 aromatic rings. The van der Waals surface area contributed by atoms with Crippen LogP contribution in [-0.4, -0.2) is 64.6 Å². The van der Waals surface area contributed by atoms with E-state index in [4.69, 9.17) is 9.47 Å². The summed E-state index contributed by atoms with van der Waals surface area (Å²) in [6.07, 6.45) is 6.40. The Bertz CT molecular complexity index is 1330. The van der Waals surface area contributed by atoms with Gasteiger partial charge in [0.1, 0.15) is 15.7 Å². The predicted octanol–water partition coefficient (Wildman–Crippen LogP) is 1.91. The Morgan fingerprint density at radius 2 is 1.56 bits per heavy atom. The standard InChI is InChI=1S/C19H17BrN6O6/c1-2-31-18(29)11-6-21-25-8-10(23-16(25)14(11)27)4-3-5-32-19(30)12-7-22-26-9-13(20)24-17(26)15(12)28/h6-9,27-28H,2-5H2,1H3. The predicted molar refractivity (Wildman–Crippen MR) is 112 cm³/mol. The van der Waals surface area contributed by atoms with Crippen LogP contribution in [0.4, 0.5) is 0 Å². The fourth-order valence-electron chi connectivity index (χ4n) is 2.99. The quantitative estimate of drug-likeness (QED) is 0.281. The molecule has 4 rings (SSSR count). The second kappa shape index (κ2) is 8.78. The van der Waals surface area contributed by atoms with Crippen LogP contribution in [0.3, 0.4) is 0 Å². The highest BCUT2D eigenvalue weighted by atomic mass is 79.9. The highest BCUT2D eigenvalue weighted by Crippen LogP contribution is 2.25.